The second-order valence-corrected chi connectivity index (χ2v) is 4.12. The van der Waals surface area contributed by atoms with E-state index < -0.39 is 0 Å². The maximum absolute atomic E-state index is 13.1. The van der Waals surface area contributed by atoms with Crippen molar-refractivity contribution in [3.63, 3.8) is 0 Å². The van der Waals surface area contributed by atoms with Gasteiger partial charge in [-0.15, -0.1) is 11.6 Å². The van der Waals surface area contributed by atoms with E-state index in [1.165, 1.54) is 12.1 Å². The number of hydrogen-bond donors (Lipinski definition) is 0. The highest BCUT2D eigenvalue weighted by molar-refractivity contribution is 6.18. The summed E-state index contributed by atoms with van der Waals surface area (Å²) >= 11 is 5.54. The number of ether oxygens (including phenoxy) is 2. The summed E-state index contributed by atoms with van der Waals surface area (Å²) in [4.78, 5) is 0. The van der Waals surface area contributed by atoms with E-state index in [4.69, 9.17) is 21.1 Å². The second kappa shape index (κ2) is 7.97. The Labute approximate surface area is 112 Å². The predicted octanol–water partition coefficient (Wildman–Crippen LogP) is 3.22. The van der Waals surface area contributed by atoms with E-state index in [0.29, 0.717) is 30.2 Å². The van der Waals surface area contributed by atoms with E-state index in [9.17, 15) is 4.39 Å². The van der Waals surface area contributed by atoms with Crippen molar-refractivity contribution >= 4 is 11.6 Å². The van der Waals surface area contributed by atoms with E-state index >= 15 is 0 Å². The summed E-state index contributed by atoms with van der Waals surface area (Å²) < 4.78 is 23.8. The van der Waals surface area contributed by atoms with E-state index in [0.717, 1.165) is 0 Å². The zero-order chi connectivity index (χ0) is 13.4. The van der Waals surface area contributed by atoms with Crippen LogP contribution in [0, 0.1) is 17.7 Å². The molecule has 0 fully saturated rings. The molecule has 1 aromatic carbocycles. The quantitative estimate of drug-likeness (QED) is 0.604. The molecule has 98 valence electrons. The monoisotopic (exact) mass is 270 g/mol. The van der Waals surface area contributed by atoms with Crippen molar-refractivity contribution in [3.8, 4) is 17.6 Å². The fraction of sp³-hybridized carbons (Fsp3) is 0.429. The molecule has 0 bridgehead atoms. The van der Waals surface area contributed by atoms with Gasteiger partial charge >= 0.3 is 0 Å². The lowest BCUT2D eigenvalue weighted by molar-refractivity contribution is 0.0715. The van der Waals surface area contributed by atoms with E-state index in [2.05, 4.69) is 11.8 Å². The van der Waals surface area contributed by atoms with Gasteiger partial charge in [-0.2, -0.15) is 0 Å². The van der Waals surface area contributed by atoms with Crippen LogP contribution in [0.3, 0.4) is 0 Å². The van der Waals surface area contributed by atoms with Crippen LogP contribution in [0.1, 0.15) is 18.9 Å². The molecule has 18 heavy (non-hydrogen) atoms. The Morgan fingerprint density at radius 3 is 2.89 bits per heavy atom. The molecule has 0 saturated heterocycles. The van der Waals surface area contributed by atoms with Crippen LogP contribution < -0.4 is 4.74 Å². The number of benzene rings is 1. The molecule has 1 rings (SSSR count). The molecule has 0 aliphatic heterocycles. The summed E-state index contributed by atoms with van der Waals surface area (Å²) in [6, 6.07) is 4.27. The molecule has 0 aliphatic rings. The minimum Gasteiger partial charge on any atom is -0.490 e. The van der Waals surface area contributed by atoms with Crippen molar-refractivity contribution in [2.75, 3.05) is 19.6 Å². The maximum atomic E-state index is 13.1. The van der Waals surface area contributed by atoms with Crippen LogP contribution in [-0.4, -0.2) is 25.7 Å². The predicted molar refractivity (Wildman–Crippen MR) is 70.6 cm³/mol. The lowest BCUT2D eigenvalue weighted by atomic mass is 10.2. The highest BCUT2D eigenvalue weighted by atomic mass is 35.5. The Balaban J connectivity index is 2.80. The molecule has 0 saturated carbocycles. The van der Waals surface area contributed by atoms with Gasteiger partial charge in [0.05, 0.1) is 11.7 Å². The average Bonchev–Trinajstić information content (AvgIpc) is 2.37. The number of halogens is 2. The third-order valence-electron chi connectivity index (χ3n) is 2.26. The third-order valence-corrected chi connectivity index (χ3v) is 2.45. The van der Waals surface area contributed by atoms with E-state index in [-0.39, 0.29) is 11.9 Å². The van der Waals surface area contributed by atoms with Gasteiger partial charge in [0.25, 0.3) is 0 Å². The fourth-order valence-electron chi connectivity index (χ4n) is 1.21. The molecular weight excluding hydrogens is 255 g/mol. The van der Waals surface area contributed by atoms with Crippen molar-refractivity contribution in [1.82, 2.24) is 0 Å². The van der Waals surface area contributed by atoms with E-state index in [1.807, 2.05) is 6.92 Å². The van der Waals surface area contributed by atoms with Crippen LogP contribution in [0.4, 0.5) is 4.39 Å². The van der Waals surface area contributed by atoms with Crippen LogP contribution in [0.5, 0.6) is 5.75 Å². The molecule has 0 aromatic heterocycles. The van der Waals surface area contributed by atoms with Gasteiger partial charge < -0.3 is 9.47 Å². The van der Waals surface area contributed by atoms with Gasteiger partial charge in [-0.1, -0.05) is 11.8 Å². The summed E-state index contributed by atoms with van der Waals surface area (Å²) in [5.41, 5.74) is 0.531. The Morgan fingerprint density at radius 2 is 2.22 bits per heavy atom. The van der Waals surface area contributed by atoms with Crippen LogP contribution in [-0.2, 0) is 4.74 Å². The average molecular weight is 271 g/mol. The van der Waals surface area contributed by atoms with Crippen LogP contribution >= 0.6 is 11.6 Å². The number of hydrogen-bond acceptors (Lipinski definition) is 2. The van der Waals surface area contributed by atoms with Crippen LogP contribution in [0.2, 0.25) is 0 Å². The first-order chi connectivity index (χ1) is 8.67. The molecule has 4 heteroatoms. The van der Waals surface area contributed by atoms with Gasteiger partial charge in [0.1, 0.15) is 18.2 Å². The van der Waals surface area contributed by atoms with Gasteiger partial charge in [-0.3, -0.25) is 0 Å². The van der Waals surface area contributed by atoms with Gasteiger partial charge in [0.2, 0.25) is 0 Å². The normalized spacial score (nSPS) is 11.6. The van der Waals surface area contributed by atoms with Crippen molar-refractivity contribution in [2.24, 2.45) is 0 Å². The summed E-state index contributed by atoms with van der Waals surface area (Å²) in [5, 5.41) is 0. The molecule has 1 aromatic rings. The molecule has 2 nitrogen and oxygen atoms in total. The largest absolute Gasteiger partial charge is 0.490 e. The molecule has 1 unspecified atom stereocenters. The van der Waals surface area contributed by atoms with Crippen molar-refractivity contribution in [1.29, 1.82) is 0 Å². The highest BCUT2D eigenvalue weighted by Crippen LogP contribution is 2.19. The van der Waals surface area contributed by atoms with Crippen LogP contribution in [0.25, 0.3) is 0 Å². The number of alkyl halides is 1. The third kappa shape index (κ3) is 4.95. The van der Waals surface area contributed by atoms with Gasteiger partial charge in [0, 0.05) is 19.4 Å². The Morgan fingerprint density at radius 1 is 1.44 bits per heavy atom. The van der Waals surface area contributed by atoms with Crippen molar-refractivity contribution in [2.45, 2.75) is 19.4 Å². The molecule has 0 radical (unpaired) electrons. The lowest BCUT2D eigenvalue weighted by Crippen LogP contribution is -2.16. The Kier molecular flexibility index (Phi) is 6.56. The molecule has 1 atom stereocenters. The van der Waals surface area contributed by atoms with Gasteiger partial charge in [-0.05, 0) is 25.1 Å². The Bertz CT molecular complexity index is 437. The first-order valence-corrected chi connectivity index (χ1v) is 6.20. The maximum Gasteiger partial charge on any atom is 0.135 e. The zero-order valence-electron chi connectivity index (χ0n) is 10.5. The van der Waals surface area contributed by atoms with E-state index in [1.54, 1.807) is 13.2 Å². The smallest absolute Gasteiger partial charge is 0.135 e. The highest BCUT2D eigenvalue weighted by Gasteiger charge is 2.06. The number of rotatable bonds is 5. The first-order valence-electron chi connectivity index (χ1n) is 5.67. The summed E-state index contributed by atoms with van der Waals surface area (Å²) in [6.45, 7) is 2.29. The zero-order valence-corrected chi connectivity index (χ0v) is 11.3. The molecule has 0 N–H and O–H groups in total. The summed E-state index contributed by atoms with van der Waals surface area (Å²) in [6.07, 6.45) is 0.533. The lowest BCUT2D eigenvalue weighted by Gasteiger charge is -2.12. The van der Waals surface area contributed by atoms with Gasteiger partial charge in [-0.25, -0.2) is 4.39 Å². The van der Waals surface area contributed by atoms with Gasteiger partial charge in [0.15, 0.2) is 0 Å². The summed E-state index contributed by atoms with van der Waals surface area (Å²) in [5.74, 6) is 6.40. The minimum atomic E-state index is -0.336. The van der Waals surface area contributed by atoms with Crippen molar-refractivity contribution < 1.29 is 13.9 Å². The Hall–Kier alpha value is -1.24. The SMILES string of the molecule is COC(C)COc1ccc(F)cc1C#CCCCl. The second-order valence-electron chi connectivity index (χ2n) is 3.74. The molecule has 0 heterocycles. The van der Waals surface area contributed by atoms with Crippen molar-refractivity contribution in [3.05, 3.63) is 29.6 Å². The fourth-order valence-corrected chi connectivity index (χ4v) is 1.30. The molecular formula is C14H16ClFO2. The first kappa shape index (κ1) is 14.8. The topological polar surface area (TPSA) is 18.5 Å². The molecule has 0 spiro atoms. The molecule has 0 amide bonds. The standard InChI is InChI=1S/C14H16ClFO2/c1-11(17-2)10-18-14-7-6-13(16)9-12(14)5-3-4-8-15/h6-7,9,11H,4,8,10H2,1-2H3. The van der Waals surface area contributed by atoms with Crippen LogP contribution in [0.15, 0.2) is 18.2 Å². The molecule has 0 aliphatic carbocycles. The minimum absolute atomic E-state index is 0.0290. The summed E-state index contributed by atoms with van der Waals surface area (Å²) in [7, 11) is 1.61. The number of methoxy groups -OCH3 is 1.